The largest absolute Gasteiger partial charge is 0.472 e. The summed E-state index contributed by atoms with van der Waals surface area (Å²) in [4.78, 5) is 0. The summed E-state index contributed by atoms with van der Waals surface area (Å²) in [5.41, 5.74) is 7.38. The maximum absolute atomic E-state index is 5.96. The van der Waals surface area contributed by atoms with Crippen molar-refractivity contribution in [3.05, 3.63) is 24.2 Å². The summed E-state index contributed by atoms with van der Waals surface area (Å²) < 4.78 is 11.0. The molecule has 1 aromatic heterocycles. The number of hydrogen-bond donors (Lipinski definition) is 1. The van der Waals surface area contributed by atoms with Gasteiger partial charge in [0.05, 0.1) is 24.7 Å². The maximum atomic E-state index is 5.96. The highest BCUT2D eigenvalue weighted by Gasteiger charge is 2.51. The SMILES string of the molecule is NCC1(Cc2ccoc2)CC2CCC1O2. The Labute approximate surface area is 89.6 Å². The molecular weight excluding hydrogens is 190 g/mol. The van der Waals surface area contributed by atoms with Crippen LogP contribution >= 0.6 is 0 Å². The van der Waals surface area contributed by atoms with Crippen LogP contribution in [0.1, 0.15) is 24.8 Å². The van der Waals surface area contributed by atoms with E-state index in [-0.39, 0.29) is 5.41 Å². The third-order valence-electron chi connectivity index (χ3n) is 3.97. The molecule has 3 heterocycles. The van der Waals surface area contributed by atoms with E-state index in [1.54, 1.807) is 6.26 Å². The lowest BCUT2D eigenvalue weighted by Crippen LogP contribution is -2.41. The molecule has 15 heavy (non-hydrogen) atoms. The Morgan fingerprint density at radius 1 is 1.47 bits per heavy atom. The molecule has 0 aliphatic carbocycles. The normalized spacial score (nSPS) is 38.7. The molecule has 2 aliphatic heterocycles. The summed E-state index contributed by atoms with van der Waals surface area (Å²) in [6.45, 7) is 0.722. The fourth-order valence-electron chi connectivity index (χ4n) is 3.16. The Kier molecular flexibility index (Phi) is 2.11. The predicted octanol–water partition coefficient (Wildman–Crippen LogP) is 1.72. The first-order valence-electron chi connectivity index (χ1n) is 5.69. The molecule has 0 spiro atoms. The van der Waals surface area contributed by atoms with Gasteiger partial charge in [-0.05, 0) is 37.3 Å². The van der Waals surface area contributed by atoms with Gasteiger partial charge in [-0.25, -0.2) is 0 Å². The zero-order valence-corrected chi connectivity index (χ0v) is 8.82. The topological polar surface area (TPSA) is 48.4 Å². The molecular formula is C12H17NO2. The molecule has 3 nitrogen and oxygen atoms in total. The van der Waals surface area contributed by atoms with Crippen LogP contribution in [0.15, 0.2) is 23.0 Å². The lowest BCUT2D eigenvalue weighted by molar-refractivity contribution is 0.0636. The smallest absolute Gasteiger partial charge is 0.0934 e. The van der Waals surface area contributed by atoms with Crippen LogP contribution in [0.3, 0.4) is 0 Å². The fraction of sp³-hybridized carbons (Fsp3) is 0.667. The van der Waals surface area contributed by atoms with Gasteiger partial charge in [0.1, 0.15) is 0 Å². The highest BCUT2D eigenvalue weighted by Crippen LogP contribution is 2.48. The van der Waals surface area contributed by atoms with Crippen molar-refractivity contribution in [3.8, 4) is 0 Å². The van der Waals surface area contributed by atoms with E-state index in [1.165, 1.54) is 18.4 Å². The Bertz CT molecular complexity index is 335. The second-order valence-electron chi connectivity index (χ2n) is 4.90. The first kappa shape index (κ1) is 9.43. The third-order valence-corrected chi connectivity index (χ3v) is 3.97. The van der Waals surface area contributed by atoms with E-state index in [0.717, 1.165) is 19.4 Å². The minimum absolute atomic E-state index is 0.173. The van der Waals surface area contributed by atoms with Gasteiger partial charge in [0.2, 0.25) is 0 Å². The lowest BCUT2D eigenvalue weighted by atomic mass is 9.70. The van der Waals surface area contributed by atoms with Crippen LogP contribution in [-0.2, 0) is 11.2 Å². The zero-order chi connectivity index (χ0) is 10.3. The van der Waals surface area contributed by atoms with Crippen molar-refractivity contribution >= 4 is 0 Å². The van der Waals surface area contributed by atoms with Crippen LogP contribution < -0.4 is 5.73 Å². The fourth-order valence-corrected chi connectivity index (χ4v) is 3.16. The second-order valence-corrected chi connectivity index (χ2v) is 4.90. The number of nitrogens with two attached hydrogens (primary N) is 1. The molecule has 3 unspecified atom stereocenters. The van der Waals surface area contributed by atoms with Gasteiger partial charge in [0, 0.05) is 12.0 Å². The van der Waals surface area contributed by atoms with Crippen molar-refractivity contribution in [3.63, 3.8) is 0 Å². The van der Waals surface area contributed by atoms with E-state index in [4.69, 9.17) is 14.9 Å². The number of ether oxygens (including phenoxy) is 1. The molecule has 82 valence electrons. The Hall–Kier alpha value is -0.800. The molecule has 3 atom stereocenters. The summed E-state index contributed by atoms with van der Waals surface area (Å²) in [6.07, 6.45) is 8.92. The van der Waals surface area contributed by atoms with Crippen molar-refractivity contribution in [1.29, 1.82) is 0 Å². The lowest BCUT2D eigenvalue weighted by Gasteiger charge is -2.33. The van der Waals surface area contributed by atoms with Gasteiger partial charge in [-0.1, -0.05) is 0 Å². The van der Waals surface area contributed by atoms with Gasteiger partial charge >= 0.3 is 0 Å². The number of furan rings is 1. The molecule has 2 saturated heterocycles. The first-order chi connectivity index (χ1) is 7.32. The molecule has 0 saturated carbocycles. The van der Waals surface area contributed by atoms with Gasteiger partial charge in [-0.15, -0.1) is 0 Å². The Balaban J connectivity index is 1.82. The van der Waals surface area contributed by atoms with Crippen LogP contribution in [0.5, 0.6) is 0 Å². The maximum Gasteiger partial charge on any atom is 0.0934 e. The van der Waals surface area contributed by atoms with Crippen LogP contribution in [-0.4, -0.2) is 18.8 Å². The van der Waals surface area contributed by atoms with Gasteiger partial charge in [-0.2, -0.15) is 0 Å². The van der Waals surface area contributed by atoms with Crippen molar-refractivity contribution in [2.45, 2.75) is 37.9 Å². The van der Waals surface area contributed by atoms with Crippen molar-refractivity contribution in [2.75, 3.05) is 6.54 Å². The molecule has 1 aromatic rings. The minimum Gasteiger partial charge on any atom is -0.472 e. The molecule has 2 fully saturated rings. The van der Waals surface area contributed by atoms with Gasteiger partial charge in [0.15, 0.2) is 0 Å². The van der Waals surface area contributed by atoms with Gasteiger partial charge in [0.25, 0.3) is 0 Å². The zero-order valence-electron chi connectivity index (χ0n) is 8.82. The van der Waals surface area contributed by atoms with E-state index in [9.17, 15) is 0 Å². The molecule has 3 heteroatoms. The van der Waals surface area contributed by atoms with Crippen molar-refractivity contribution in [2.24, 2.45) is 11.1 Å². The summed E-state index contributed by atoms with van der Waals surface area (Å²) >= 11 is 0. The van der Waals surface area contributed by atoms with Crippen LogP contribution in [0.4, 0.5) is 0 Å². The Morgan fingerprint density at radius 3 is 2.93 bits per heavy atom. The summed E-state index contributed by atoms with van der Waals surface area (Å²) in [5, 5.41) is 0. The Morgan fingerprint density at radius 2 is 2.40 bits per heavy atom. The number of fused-ring (bicyclic) bond motifs is 2. The molecule has 3 rings (SSSR count). The highest BCUT2D eigenvalue weighted by molar-refractivity contribution is 5.13. The van der Waals surface area contributed by atoms with E-state index >= 15 is 0 Å². The number of rotatable bonds is 3. The minimum atomic E-state index is 0.173. The average molecular weight is 207 g/mol. The van der Waals surface area contributed by atoms with E-state index in [2.05, 4.69) is 0 Å². The van der Waals surface area contributed by atoms with Crippen molar-refractivity contribution < 1.29 is 9.15 Å². The predicted molar refractivity (Wildman–Crippen MR) is 56.4 cm³/mol. The second kappa shape index (κ2) is 3.35. The van der Waals surface area contributed by atoms with Crippen LogP contribution in [0.25, 0.3) is 0 Å². The molecule has 2 N–H and O–H groups in total. The summed E-state index contributed by atoms with van der Waals surface area (Å²) in [7, 11) is 0. The summed E-state index contributed by atoms with van der Waals surface area (Å²) in [5.74, 6) is 0. The molecule has 0 aromatic carbocycles. The average Bonchev–Trinajstić information content (AvgIpc) is 2.93. The van der Waals surface area contributed by atoms with E-state index in [0.29, 0.717) is 12.2 Å². The summed E-state index contributed by atoms with van der Waals surface area (Å²) in [6, 6.07) is 2.03. The third kappa shape index (κ3) is 1.42. The van der Waals surface area contributed by atoms with Gasteiger partial charge < -0.3 is 14.9 Å². The van der Waals surface area contributed by atoms with E-state index in [1.807, 2.05) is 12.3 Å². The molecule has 2 aliphatic rings. The highest BCUT2D eigenvalue weighted by atomic mass is 16.5. The van der Waals surface area contributed by atoms with E-state index < -0.39 is 0 Å². The molecule has 2 bridgehead atoms. The van der Waals surface area contributed by atoms with Gasteiger partial charge in [-0.3, -0.25) is 0 Å². The van der Waals surface area contributed by atoms with Crippen LogP contribution in [0, 0.1) is 5.41 Å². The molecule has 0 radical (unpaired) electrons. The number of hydrogen-bond acceptors (Lipinski definition) is 3. The quantitative estimate of drug-likeness (QED) is 0.821. The first-order valence-corrected chi connectivity index (χ1v) is 5.69. The van der Waals surface area contributed by atoms with Crippen LogP contribution in [0.2, 0.25) is 0 Å². The molecule has 0 amide bonds. The van der Waals surface area contributed by atoms with Crippen molar-refractivity contribution in [1.82, 2.24) is 0 Å². The standard InChI is InChI=1S/C12H17NO2/c13-8-12(5-9-3-4-14-7-9)6-10-1-2-11(12)15-10/h3-4,7,10-11H,1-2,5-6,8,13H2. The monoisotopic (exact) mass is 207 g/mol.